The minimum absolute atomic E-state index is 0.163. The molecule has 7 heteroatoms. The molecular weight excluding hydrogens is 408 g/mol. The Labute approximate surface area is 181 Å². The topological polar surface area (TPSA) is 117 Å². The third-order valence-electron chi connectivity index (χ3n) is 5.18. The molecule has 1 heterocycles. The number of aromatic nitrogens is 2. The largest absolute Gasteiger partial charge is 0.504 e. The molecule has 5 rings (SSSR count). The Balaban J connectivity index is 1.55. The molecule has 0 spiro atoms. The minimum Gasteiger partial charge on any atom is -0.504 e. The SMILES string of the molecule is O=c1ccc(-c2cccc(-c3nnc(-c4ccc5ccccc5c4)o3)c2)c(O)c(O)c1O. The zero-order chi connectivity index (χ0) is 22.2. The van der Waals surface area contributed by atoms with Gasteiger partial charge in [0.1, 0.15) is 0 Å². The lowest BCUT2D eigenvalue weighted by molar-refractivity contribution is 0.369. The molecule has 0 unspecified atom stereocenters. The number of nitrogens with zero attached hydrogens (tertiary/aromatic N) is 2. The molecule has 0 aliphatic heterocycles. The van der Waals surface area contributed by atoms with Gasteiger partial charge in [-0.15, -0.1) is 10.2 Å². The van der Waals surface area contributed by atoms with Crippen molar-refractivity contribution in [2.75, 3.05) is 0 Å². The van der Waals surface area contributed by atoms with E-state index in [1.807, 2.05) is 42.5 Å². The summed E-state index contributed by atoms with van der Waals surface area (Å²) in [4.78, 5) is 11.7. The molecule has 3 N–H and O–H groups in total. The average Bonchev–Trinajstić information content (AvgIpc) is 3.30. The predicted molar refractivity (Wildman–Crippen MR) is 119 cm³/mol. The van der Waals surface area contributed by atoms with Crippen molar-refractivity contribution in [1.29, 1.82) is 0 Å². The maximum absolute atomic E-state index is 11.7. The van der Waals surface area contributed by atoms with E-state index in [0.29, 0.717) is 17.0 Å². The molecule has 1 aromatic heterocycles. The van der Waals surface area contributed by atoms with Crippen molar-refractivity contribution in [3.8, 4) is 51.3 Å². The molecule has 0 aliphatic carbocycles. The van der Waals surface area contributed by atoms with Gasteiger partial charge in [-0.3, -0.25) is 4.79 Å². The zero-order valence-corrected chi connectivity index (χ0v) is 16.6. The molecule has 0 radical (unpaired) electrons. The molecule has 5 aromatic rings. The van der Waals surface area contributed by atoms with Crippen molar-refractivity contribution in [3.05, 3.63) is 89.1 Å². The molecule has 0 amide bonds. The maximum Gasteiger partial charge on any atom is 0.248 e. The van der Waals surface area contributed by atoms with Gasteiger partial charge in [-0.25, -0.2) is 0 Å². The van der Waals surface area contributed by atoms with Crippen LogP contribution in [-0.4, -0.2) is 25.5 Å². The van der Waals surface area contributed by atoms with Gasteiger partial charge in [0.05, 0.1) is 0 Å². The lowest BCUT2D eigenvalue weighted by Gasteiger charge is -2.05. The summed E-state index contributed by atoms with van der Waals surface area (Å²) >= 11 is 0. The van der Waals surface area contributed by atoms with Crippen molar-refractivity contribution in [2.24, 2.45) is 0 Å². The number of benzene rings is 3. The first-order valence-electron chi connectivity index (χ1n) is 9.73. The molecule has 4 aromatic carbocycles. The fraction of sp³-hybridized carbons (Fsp3) is 0. The van der Waals surface area contributed by atoms with Crippen molar-refractivity contribution in [1.82, 2.24) is 10.2 Å². The first-order chi connectivity index (χ1) is 15.5. The molecule has 0 saturated carbocycles. The standard InChI is InChI=1S/C25H16N2O5/c28-20-11-10-19(21(29)23(31)22(20)30)16-6-3-7-17(13-16)24-26-27-25(32-24)18-9-8-14-4-1-2-5-15(14)12-18/h1-13H,(H3,28,29,30,31). The summed E-state index contributed by atoms with van der Waals surface area (Å²) in [6, 6.07) is 23.1. The lowest BCUT2D eigenvalue weighted by Crippen LogP contribution is -1.92. The van der Waals surface area contributed by atoms with E-state index in [9.17, 15) is 20.1 Å². The molecule has 0 atom stereocenters. The van der Waals surface area contributed by atoms with Crippen LogP contribution in [0.1, 0.15) is 0 Å². The van der Waals surface area contributed by atoms with Crippen LogP contribution < -0.4 is 5.43 Å². The van der Waals surface area contributed by atoms with Gasteiger partial charge in [-0.05, 0) is 52.7 Å². The van der Waals surface area contributed by atoms with E-state index in [0.717, 1.165) is 22.4 Å². The van der Waals surface area contributed by atoms with E-state index in [1.54, 1.807) is 24.3 Å². The van der Waals surface area contributed by atoms with E-state index in [1.165, 1.54) is 6.07 Å². The van der Waals surface area contributed by atoms with Crippen LogP contribution in [0.2, 0.25) is 0 Å². The van der Waals surface area contributed by atoms with Crippen LogP contribution in [0.3, 0.4) is 0 Å². The van der Waals surface area contributed by atoms with Crippen LogP contribution in [0.4, 0.5) is 0 Å². The van der Waals surface area contributed by atoms with Gasteiger partial charge in [0.2, 0.25) is 28.7 Å². The highest BCUT2D eigenvalue weighted by molar-refractivity contribution is 5.86. The Morgan fingerprint density at radius 3 is 2.06 bits per heavy atom. The summed E-state index contributed by atoms with van der Waals surface area (Å²) in [5.74, 6) is -1.77. The molecule has 0 aliphatic rings. The molecule has 0 bridgehead atoms. The second kappa shape index (κ2) is 7.55. The summed E-state index contributed by atoms with van der Waals surface area (Å²) < 4.78 is 5.88. The second-order valence-corrected chi connectivity index (χ2v) is 7.21. The molecule has 156 valence electrons. The molecular formula is C25H16N2O5. The normalized spacial score (nSPS) is 11.0. The fourth-order valence-corrected chi connectivity index (χ4v) is 3.50. The lowest BCUT2D eigenvalue weighted by atomic mass is 10.0. The number of aromatic hydroxyl groups is 3. The summed E-state index contributed by atoms with van der Waals surface area (Å²) in [6.07, 6.45) is 0. The Bertz CT molecular complexity index is 1540. The summed E-state index contributed by atoms with van der Waals surface area (Å²) in [6.45, 7) is 0. The minimum atomic E-state index is -0.915. The highest BCUT2D eigenvalue weighted by Crippen LogP contribution is 2.39. The molecule has 7 nitrogen and oxygen atoms in total. The van der Waals surface area contributed by atoms with Gasteiger partial charge in [0.25, 0.3) is 0 Å². The van der Waals surface area contributed by atoms with Crippen LogP contribution >= 0.6 is 0 Å². The quantitative estimate of drug-likeness (QED) is 0.384. The highest BCUT2D eigenvalue weighted by atomic mass is 16.4. The van der Waals surface area contributed by atoms with Crippen molar-refractivity contribution in [2.45, 2.75) is 0 Å². The first-order valence-corrected chi connectivity index (χ1v) is 9.73. The van der Waals surface area contributed by atoms with E-state index < -0.39 is 22.7 Å². The fourth-order valence-electron chi connectivity index (χ4n) is 3.50. The Morgan fingerprint density at radius 1 is 0.594 bits per heavy atom. The van der Waals surface area contributed by atoms with Crippen LogP contribution in [0.15, 0.2) is 88.1 Å². The number of fused-ring (bicyclic) bond motifs is 1. The Hall–Kier alpha value is -4.65. The van der Waals surface area contributed by atoms with Crippen LogP contribution in [0.5, 0.6) is 17.2 Å². The van der Waals surface area contributed by atoms with Gasteiger partial charge in [0, 0.05) is 16.7 Å². The average molecular weight is 424 g/mol. The van der Waals surface area contributed by atoms with E-state index in [2.05, 4.69) is 10.2 Å². The third kappa shape index (κ3) is 3.31. The highest BCUT2D eigenvalue weighted by Gasteiger charge is 2.16. The van der Waals surface area contributed by atoms with E-state index in [-0.39, 0.29) is 11.5 Å². The van der Waals surface area contributed by atoms with E-state index >= 15 is 0 Å². The zero-order valence-electron chi connectivity index (χ0n) is 16.6. The van der Waals surface area contributed by atoms with Crippen molar-refractivity contribution >= 4 is 10.8 Å². The van der Waals surface area contributed by atoms with Gasteiger partial charge in [-0.2, -0.15) is 0 Å². The number of hydrogen-bond acceptors (Lipinski definition) is 7. The first kappa shape index (κ1) is 19.3. The van der Waals surface area contributed by atoms with Gasteiger partial charge >= 0.3 is 0 Å². The maximum atomic E-state index is 11.7. The summed E-state index contributed by atoms with van der Waals surface area (Å²) in [5.41, 5.74) is 1.21. The van der Waals surface area contributed by atoms with Gasteiger partial charge < -0.3 is 19.7 Å². The smallest absolute Gasteiger partial charge is 0.248 e. The monoisotopic (exact) mass is 424 g/mol. The molecule has 0 fully saturated rings. The van der Waals surface area contributed by atoms with Crippen LogP contribution in [0, 0.1) is 0 Å². The number of rotatable bonds is 3. The molecule has 0 saturated heterocycles. The van der Waals surface area contributed by atoms with E-state index in [4.69, 9.17) is 4.42 Å². The van der Waals surface area contributed by atoms with Crippen LogP contribution in [-0.2, 0) is 0 Å². The van der Waals surface area contributed by atoms with Crippen molar-refractivity contribution in [3.63, 3.8) is 0 Å². The second-order valence-electron chi connectivity index (χ2n) is 7.21. The number of hydrogen-bond donors (Lipinski definition) is 3. The summed E-state index contributed by atoms with van der Waals surface area (Å²) in [7, 11) is 0. The van der Waals surface area contributed by atoms with Crippen LogP contribution in [0.25, 0.3) is 44.8 Å². The Kier molecular flexibility index (Phi) is 4.56. The third-order valence-corrected chi connectivity index (χ3v) is 5.18. The van der Waals surface area contributed by atoms with Crippen molar-refractivity contribution < 1.29 is 19.7 Å². The predicted octanol–water partition coefficient (Wildman–Crippen LogP) is 4.70. The van der Waals surface area contributed by atoms with Gasteiger partial charge in [0.15, 0.2) is 5.75 Å². The van der Waals surface area contributed by atoms with Gasteiger partial charge in [-0.1, -0.05) is 42.5 Å². The summed E-state index contributed by atoms with van der Waals surface area (Å²) in [5, 5.41) is 40.4. The Morgan fingerprint density at radius 2 is 1.28 bits per heavy atom. The molecule has 32 heavy (non-hydrogen) atoms.